The molecular formula is C16H23N3O3S. The molecule has 126 valence electrons. The summed E-state index contributed by atoms with van der Waals surface area (Å²) in [6.45, 7) is -0.278. The highest BCUT2D eigenvalue weighted by Crippen LogP contribution is 2.16. The van der Waals surface area contributed by atoms with Crippen LogP contribution < -0.4 is 9.73 Å². The maximum atomic E-state index is 12.1. The van der Waals surface area contributed by atoms with Gasteiger partial charge in [0.1, 0.15) is 6.54 Å². The number of nitrogens with zero attached hydrogens (tertiary/aromatic N) is 2. The summed E-state index contributed by atoms with van der Waals surface area (Å²) in [7, 11) is -3.54. The van der Waals surface area contributed by atoms with E-state index in [1.165, 1.54) is 12.8 Å². The van der Waals surface area contributed by atoms with Gasteiger partial charge in [0, 0.05) is 5.71 Å². The molecule has 1 amide bonds. The summed E-state index contributed by atoms with van der Waals surface area (Å²) in [5, 5.41) is 4.17. The van der Waals surface area contributed by atoms with Crippen LogP contribution in [0.25, 0.3) is 0 Å². The molecule has 6 nitrogen and oxygen atoms in total. The summed E-state index contributed by atoms with van der Waals surface area (Å²) in [6, 6.07) is 8.58. The van der Waals surface area contributed by atoms with E-state index in [4.69, 9.17) is 0 Å². The maximum Gasteiger partial charge on any atom is 0.260 e. The van der Waals surface area contributed by atoms with Gasteiger partial charge < -0.3 is 0 Å². The lowest BCUT2D eigenvalue weighted by atomic mass is 10.2. The van der Waals surface area contributed by atoms with E-state index in [1.54, 1.807) is 30.3 Å². The zero-order valence-electron chi connectivity index (χ0n) is 13.4. The van der Waals surface area contributed by atoms with Gasteiger partial charge in [-0.2, -0.15) is 5.10 Å². The minimum atomic E-state index is -3.54. The summed E-state index contributed by atoms with van der Waals surface area (Å²) in [6.07, 6.45) is 7.46. The van der Waals surface area contributed by atoms with Crippen LogP contribution in [0.3, 0.4) is 0 Å². The molecule has 0 saturated heterocycles. The van der Waals surface area contributed by atoms with Crippen molar-refractivity contribution in [1.29, 1.82) is 0 Å². The average Bonchev–Trinajstić information content (AvgIpc) is 2.79. The quantitative estimate of drug-likeness (QED) is 0.661. The zero-order chi connectivity index (χ0) is 16.7. The minimum absolute atomic E-state index is 0.278. The highest BCUT2D eigenvalue weighted by molar-refractivity contribution is 7.92. The fraction of sp³-hybridized carbons (Fsp3) is 0.500. The summed E-state index contributed by atoms with van der Waals surface area (Å²) in [5.74, 6) is -0.434. The highest BCUT2D eigenvalue weighted by Gasteiger charge is 2.20. The Labute approximate surface area is 137 Å². The normalized spacial score (nSPS) is 15.6. The van der Waals surface area contributed by atoms with E-state index in [1.807, 2.05) is 0 Å². The fourth-order valence-electron chi connectivity index (χ4n) is 2.55. The molecule has 1 aliphatic rings. The second kappa shape index (κ2) is 8.10. The third kappa shape index (κ3) is 5.67. The minimum Gasteiger partial charge on any atom is -0.271 e. The van der Waals surface area contributed by atoms with E-state index in [2.05, 4.69) is 10.5 Å². The number of benzene rings is 1. The van der Waals surface area contributed by atoms with Crippen molar-refractivity contribution < 1.29 is 13.2 Å². The largest absolute Gasteiger partial charge is 0.271 e. The van der Waals surface area contributed by atoms with Crippen molar-refractivity contribution in [2.45, 2.75) is 38.5 Å². The lowest BCUT2D eigenvalue weighted by Crippen LogP contribution is -2.39. The Morgan fingerprint density at radius 3 is 2.30 bits per heavy atom. The summed E-state index contributed by atoms with van der Waals surface area (Å²) in [5.41, 5.74) is 3.95. The van der Waals surface area contributed by atoms with Crippen molar-refractivity contribution in [2.24, 2.45) is 5.10 Å². The van der Waals surface area contributed by atoms with Gasteiger partial charge in [-0.3, -0.25) is 9.10 Å². The lowest BCUT2D eigenvalue weighted by molar-refractivity contribution is -0.119. The molecule has 0 radical (unpaired) electrons. The number of amides is 1. The Balaban J connectivity index is 2.02. The summed E-state index contributed by atoms with van der Waals surface area (Å²) < 4.78 is 24.9. The van der Waals surface area contributed by atoms with Gasteiger partial charge in [0.05, 0.1) is 11.9 Å². The van der Waals surface area contributed by atoms with Gasteiger partial charge in [-0.25, -0.2) is 13.8 Å². The molecule has 2 rings (SSSR count). The van der Waals surface area contributed by atoms with Crippen LogP contribution in [-0.4, -0.2) is 32.8 Å². The molecule has 1 aromatic carbocycles. The van der Waals surface area contributed by atoms with Crippen molar-refractivity contribution in [3.63, 3.8) is 0 Å². The third-order valence-corrected chi connectivity index (χ3v) is 4.89. The molecule has 1 saturated carbocycles. The van der Waals surface area contributed by atoms with Gasteiger partial charge in [-0.15, -0.1) is 0 Å². The van der Waals surface area contributed by atoms with E-state index in [0.29, 0.717) is 5.69 Å². The molecule has 23 heavy (non-hydrogen) atoms. The van der Waals surface area contributed by atoms with Gasteiger partial charge in [0.15, 0.2) is 0 Å². The maximum absolute atomic E-state index is 12.1. The second-order valence-corrected chi connectivity index (χ2v) is 7.64. The molecule has 0 aromatic heterocycles. The molecular weight excluding hydrogens is 314 g/mol. The topological polar surface area (TPSA) is 78.8 Å². The number of carbonyl (C=O) groups is 1. The van der Waals surface area contributed by atoms with Gasteiger partial charge in [-0.05, 0) is 37.8 Å². The van der Waals surface area contributed by atoms with Crippen LogP contribution in [0, 0.1) is 0 Å². The monoisotopic (exact) mass is 337 g/mol. The van der Waals surface area contributed by atoms with Gasteiger partial charge in [0.2, 0.25) is 10.0 Å². The van der Waals surface area contributed by atoms with Crippen molar-refractivity contribution in [3.8, 4) is 0 Å². The number of nitrogens with one attached hydrogen (secondary N) is 1. The van der Waals surface area contributed by atoms with Gasteiger partial charge in [0.25, 0.3) is 5.91 Å². The van der Waals surface area contributed by atoms with E-state index in [0.717, 1.165) is 42.0 Å². The number of rotatable bonds is 5. The van der Waals surface area contributed by atoms with E-state index in [-0.39, 0.29) is 6.54 Å². The molecule has 0 unspecified atom stereocenters. The SMILES string of the molecule is CS(=O)(=O)N(CC(=O)NN=C1CCCCCC1)c1ccccc1. The molecule has 0 spiro atoms. The smallest absolute Gasteiger partial charge is 0.260 e. The third-order valence-electron chi connectivity index (χ3n) is 3.75. The first-order valence-electron chi connectivity index (χ1n) is 7.84. The number of anilines is 1. The molecule has 1 fully saturated rings. The van der Waals surface area contributed by atoms with Gasteiger partial charge in [-0.1, -0.05) is 31.0 Å². The molecule has 0 atom stereocenters. The number of sulfonamides is 1. The van der Waals surface area contributed by atoms with Crippen molar-refractivity contribution in [2.75, 3.05) is 17.1 Å². The fourth-order valence-corrected chi connectivity index (χ4v) is 3.41. The van der Waals surface area contributed by atoms with E-state index < -0.39 is 15.9 Å². The lowest BCUT2D eigenvalue weighted by Gasteiger charge is -2.21. The Bertz CT molecular complexity index is 646. The number of carbonyl (C=O) groups excluding carboxylic acids is 1. The predicted molar refractivity (Wildman–Crippen MR) is 91.9 cm³/mol. The Kier molecular flexibility index (Phi) is 6.15. The molecule has 7 heteroatoms. The standard InChI is InChI=1S/C16H23N3O3S/c1-23(21,22)19(15-11-7-4-8-12-15)13-16(20)18-17-14-9-5-2-3-6-10-14/h4,7-8,11-12H,2-3,5-6,9-10,13H2,1H3,(H,18,20). The van der Waals surface area contributed by atoms with E-state index >= 15 is 0 Å². The molecule has 0 bridgehead atoms. The molecule has 1 aromatic rings. The first-order chi connectivity index (χ1) is 11.0. The van der Waals surface area contributed by atoms with Gasteiger partial charge >= 0.3 is 0 Å². The van der Waals surface area contributed by atoms with Crippen LogP contribution in [0.2, 0.25) is 0 Å². The number of para-hydroxylation sites is 1. The second-order valence-electron chi connectivity index (χ2n) is 5.73. The Morgan fingerprint density at radius 2 is 1.74 bits per heavy atom. The van der Waals surface area contributed by atoms with Crippen molar-refractivity contribution in [1.82, 2.24) is 5.43 Å². The predicted octanol–water partition coefficient (Wildman–Crippen LogP) is 2.28. The Hall–Kier alpha value is -1.89. The van der Waals surface area contributed by atoms with Crippen LogP contribution in [0.4, 0.5) is 5.69 Å². The molecule has 1 N–H and O–H groups in total. The molecule has 0 aliphatic heterocycles. The first-order valence-corrected chi connectivity index (χ1v) is 9.68. The number of hydrogen-bond acceptors (Lipinski definition) is 4. The molecule has 0 heterocycles. The van der Waals surface area contributed by atoms with Crippen molar-refractivity contribution in [3.05, 3.63) is 30.3 Å². The summed E-state index contributed by atoms with van der Waals surface area (Å²) >= 11 is 0. The van der Waals surface area contributed by atoms with Crippen LogP contribution in [0.1, 0.15) is 38.5 Å². The van der Waals surface area contributed by atoms with Crippen LogP contribution in [0.15, 0.2) is 35.4 Å². The highest BCUT2D eigenvalue weighted by atomic mass is 32.2. The zero-order valence-corrected chi connectivity index (χ0v) is 14.2. The van der Waals surface area contributed by atoms with Crippen LogP contribution in [-0.2, 0) is 14.8 Å². The van der Waals surface area contributed by atoms with Crippen molar-refractivity contribution >= 4 is 27.3 Å². The Morgan fingerprint density at radius 1 is 1.13 bits per heavy atom. The molecule has 1 aliphatic carbocycles. The summed E-state index contributed by atoms with van der Waals surface area (Å²) in [4.78, 5) is 12.1. The van der Waals surface area contributed by atoms with Crippen LogP contribution in [0.5, 0.6) is 0 Å². The van der Waals surface area contributed by atoms with Crippen LogP contribution >= 0.6 is 0 Å². The number of hydrazone groups is 1. The number of hydrogen-bond donors (Lipinski definition) is 1. The average molecular weight is 337 g/mol. The van der Waals surface area contributed by atoms with E-state index in [9.17, 15) is 13.2 Å². The first kappa shape index (κ1) is 17.5.